The smallest absolute Gasteiger partial charge is 0.244 e. The fraction of sp³-hybridized carbons (Fsp3) is 0.273. The first-order valence-corrected chi connectivity index (χ1v) is 5.37. The second-order valence-corrected chi connectivity index (χ2v) is 4.08. The Hall–Kier alpha value is -1.62. The predicted octanol–water partition coefficient (Wildman–Crippen LogP) is 3.18. The largest absolute Gasteiger partial charge is 0.494 e. The first-order chi connectivity index (χ1) is 8.11. The topological polar surface area (TPSA) is 48.2 Å². The van der Waals surface area contributed by atoms with Crippen LogP contribution in [0.1, 0.15) is 18.2 Å². The summed E-state index contributed by atoms with van der Waals surface area (Å²) in [7, 11) is 1.39. The van der Waals surface area contributed by atoms with Crippen molar-refractivity contribution in [3.63, 3.8) is 0 Å². The number of rotatable bonds is 3. The van der Waals surface area contributed by atoms with Crippen LogP contribution in [0, 0.1) is 5.82 Å². The van der Waals surface area contributed by atoms with Crippen LogP contribution in [0.5, 0.6) is 5.75 Å². The molecule has 90 valence electrons. The van der Waals surface area contributed by atoms with E-state index in [0.717, 1.165) is 0 Å². The van der Waals surface area contributed by atoms with Crippen LogP contribution >= 0.6 is 11.6 Å². The Labute approximate surface area is 102 Å². The summed E-state index contributed by atoms with van der Waals surface area (Å²) < 4.78 is 23.0. The lowest BCUT2D eigenvalue weighted by molar-refractivity contribution is 0.379. The van der Waals surface area contributed by atoms with Crippen LogP contribution in [0.15, 0.2) is 22.7 Å². The van der Waals surface area contributed by atoms with E-state index in [0.29, 0.717) is 17.3 Å². The molecular formula is C11H10ClFN2O2. The summed E-state index contributed by atoms with van der Waals surface area (Å²) in [6, 6.07) is 4.34. The average Bonchev–Trinajstić information content (AvgIpc) is 2.79. The van der Waals surface area contributed by atoms with Gasteiger partial charge in [-0.3, -0.25) is 0 Å². The molecule has 0 radical (unpaired) electrons. The molecule has 0 saturated heterocycles. The van der Waals surface area contributed by atoms with E-state index in [1.54, 1.807) is 13.0 Å². The first kappa shape index (κ1) is 11.9. The van der Waals surface area contributed by atoms with E-state index in [9.17, 15) is 4.39 Å². The number of halogens is 2. The fourth-order valence-electron chi connectivity index (χ4n) is 1.31. The van der Waals surface area contributed by atoms with Crippen LogP contribution in [-0.4, -0.2) is 17.3 Å². The van der Waals surface area contributed by atoms with E-state index >= 15 is 0 Å². The van der Waals surface area contributed by atoms with E-state index in [1.807, 2.05) is 0 Å². The molecule has 17 heavy (non-hydrogen) atoms. The quantitative estimate of drug-likeness (QED) is 0.792. The van der Waals surface area contributed by atoms with Gasteiger partial charge in [-0.2, -0.15) is 4.98 Å². The molecule has 0 aliphatic carbocycles. The standard InChI is InChI=1S/C11H10ClFN2O2/c1-6(12)11-14-10(15-17-11)7-3-4-8(13)9(5-7)16-2/h3-6H,1-2H3. The van der Waals surface area contributed by atoms with Gasteiger partial charge in [-0.15, -0.1) is 11.6 Å². The average molecular weight is 257 g/mol. The molecule has 0 spiro atoms. The van der Waals surface area contributed by atoms with Crippen molar-refractivity contribution >= 4 is 11.6 Å². The summed E-state index contributed by atoms with van der Waals surface area (Å²) in [6.07, 6.45) is 0. The minimum absolute atomic E-state index is 0.132. The lowest BCUT2D eigenvalue weighted by atomic mass is 10.2. The summed E-state index contributed by atoms with van der Waals surface area (Å²) in [6.45, 7) is 1.73. The van der Waals surface area contributed by atoms with E-state index in [2.05, 4.69) is 10.1 Å². The van der Waals surface area contributed by atoms with E-state index < -0.39 is 5.82 Å². The second kappa shape index (κ2) is 4.71. The zero-order chi connectivity index (χ0) is 12.4. The van der Waals surface area contributed by atoms with Gasteiger partial charge >= 0.3 is 0 Å². The van der Waals surface area contributed by atoms with Crippen LogP contribution in [-0.2, 0) is 0 Å². The van der Waals surface area contributed by atoms with Crippen LogP contribution in [0.25, 0.3) is 11.4 Å². The zero-order valence-corrected chi connectivity index (χ0v) is 10.0. The van der Waals surface area contributed by atoms with E-state index in [-0.39, 0.29) is 11.1 Å². The molecule has 2 aromatic rings. The maximum absolute atomic E-state index is 13.2. The number of hydrogen-bond donors (Lipinski definition) is 0. The molecular weight excluding hydrogens is 247 g/mol. The maximum atomic E-state index is 13.2. The third-order valence-electron chi connectivity index (χ3n) is 2.19. The molecule has 0 bridgehead atoms. The zero-order valence-electron chi connectivity index (χ0n) is 9.28. The van der Waals surface area contributed by atoms with Crippen LogP contribution in [0.2, 0.25) is 0 Å². The van der Waals surface area contributed by atoms with Crippen molar-refractivity contribution in [2.24, 2.45) is 0 Å². The van der Waals surface area contributed by atoms with Crippen molar-refractivity contribution < 1.29 is 13.7 Å². The van der Waals surface area contributed by atoms with Crippen molar-refractivity contribution in [1.82, 2.24) is 10.1 Å². The van der Waals surface area contributed by atoms with Gasteiger partial charge in [0, 0.05) is 5.56 Å². The Balaban J connectivity index is 2.38. The van der Waals surface area contributed by atoms with Gasteiger partial charge in [0.2, 0.25) is 11.7 Å². The van der Waals surface area contributed by atoms with Gasteiger partial charge < -0.3 is 9.26 Å². The highest BCUT2D eigenvalue weighted by Crippen LogP contribution is 2.26. The summed E-state index contributed by atoms with van der Waals surface area (Å²) >= 11 is 5.81. The molecule has 1 heterocycles. The van der Waals surface area contributed by atoms with Gasteiger partial charge in [0.05, 0.1) is 7.11 Å². The van der Waals surface area contributed by atoms with Crippen molar-refractivity contribution in [3.8, 4) is 17.1 Å². The van der Waals surface area contributed by atoms with Crippen molar-refractivity contribution in [3.05, 3.63) is 29.9 Å². The molecule has 0 fully saturated rings. The van der Waals surface area contributed by atoms with Crippen molar-refractivity contribution in [2.75, 3.05) is 7.11 Å². The summed E-state index contributed by atoms with van der Waals surface area (Å²) in [4.78, 5) is 4.10. The van der Waals surface area contributed by atoms with E-state index in [4.69, 9.17) is 20.9 Å². The van der Waals surface area contributed by atoms with Gasteiger partial charge in [0.25, 0.3) is 0 Å². The van der Waals surface area contributed by atoms with Crippen LogP contribution in [0.3, 0.4) is 0 Å². The van der Waals surface area contributed by atoms with Crippen LogP contribution in [0.4, 0.5) is 4.39 Å². The predicted molar refractivity (Wildman–Crippen MR) is 60.5 cm³/mol. The molecule has 2 rings (SSSR count). The van der Waals surface area contributed by atoms with Gasteiger partial charge in [-0.05, 0) is 25.1 Å². The first-order valence-electron chi connectivity index (χ1n) is 4.93. The molecule has 0 aliphatic rings. The number of aromatic nitrogens is 2. The Kier molecular flexibility index (Phi) is 3.28. The molecule has 1 unspecified atom stereocenters. The lowest BCUT2D eigenvalue weighted by Crippen LogP contribution is -1.90. The minimum atomic E-state index is -0.439. The Morgan fingerprint density at radius 3 is 2.82 bits per heavy atom. The third-order valence-corrected chi connectivity index (χ3v) is 2.38. The summed E-state index contributed by atoms with van der Waals surface area (Å²) in [5, 5.41) is 3.40. The number of nitrogens with zero attached hydrogens (tertiary/aromatic N) is 2. The van der Waals surface area contributed by atoms with Crippen molar-refractivity contribution in [2.45, 2.75) is 12.3 Å². The van der Waals surface area contributed by atoms with Gasteiger partial charge in [0.15, 0.2) is 11.6 Å². The molecule has 0 N–H and O–H groups in total. The van der Waals surface area contributed by atoms with Gasteiger partial charge in [-0.25, -0.2) is 4.39 Å². The highest BCUT2D eigenvalue weighted by molar-refractivity contribution is 6.20. The number of methoxy groups -OCH3 is 1. The number of benzene rings is 1. The molecule has 0 saturated carbocycles. The van der Waals surface area contributed by atoms with Gasteiger partial charge in [-0.1, -0.05) is 5.16 Å². The number of ether oxygens (including phenoxy) is 1. The lowest BCUT2D eigenvalue weighted by Gasteiger charge is -2.02. The normalized spacial score (nSPS) is 12.5. The van der Waals surface area contributed by atoms with Crippen LogP contribution < -0.4 is 4.74 Å². The molecule has 1 aromatic carbocycles. The molecule has 6 heteroatoms. The maximum Gasteiger partial charge on any atom is 0.244 e. The molecule has 4 nitrogen and oxygen atoms in total. The minimum Gasteiger partial charge on any atom is -0.494 e. The summed E-state index contributed by atoms with van der Waals surface area (Å²) in [5.41, 5.74) is 0.607. The molecule has 0 amide bonds. The Morgan fingerprint density at radius 2 is 2.24 bits per heavy atom. The highest BCUT2D eigenvalue weighted by Gasteiger charge is 2.14. The fourth-order valence-corrected chi connectivity index (χ4v) is 1.40. The number of hydrogen-bond acceptors (Lipinski definition) is 4. The Bertz CT molecular complexity index is 528. The monoisotopic (exact) mass is 256 g/mol. The summed E-state index contributed by atoms with van der Waals surface area (Å²) in [5.74, 6) is 0.370. The molecule has 1 atom stereocenters. The number of alkyl halides is 1. The molecule has 1 aromatic heterocycles. The van der Waals surface area contributed by atoms with Gasteiger partial charge in [0.1, 0.15) is 5.38 Å². The second-order valence-electron chi connectivity index (χ2n) is 3.42. The highest BCUT2D eigenvalue weighted by atomic mass is 35.5. The SMILES string of the molecule is COc1cc(-c2noc(C(C)Cl)n2)ccc1F. The Morgan fingerprint density at radius 1 is 1.47 bits per heavy atom. The molecule has 0 aliphatic heterocycles. The third kappa shape index (κ3) is 2.39. The van der Waals surface area contributed by atoms with E-state index in [1.165, 1.54) is 19.2 Å². The van der Waals surface area contributed by atoms with Crippen molar-refractivity contribution in [1.29, 1.82) is 0 Å².